The average Bonchev–Trinajstić information content (AvgIpc) is 4.09. The number of phenols is 1. The van der Waals surface area contributed by atoms with Gasteiger partial charge >= 0.3 is 5.97 Å². The van der Waals surface area contributed by atoms with Crippen molar-refractivity contribution in [2.75, 3.05) is 31.3 Å². The van der Waals surface area contributed by atoms with Crippen LogP contribution >= 0.6 is 21.6 Å². The molecule has 4 heterocycles. The van der Waals surface area contributed by atoms with Crippen LogP contribution in [-0.4, -0.2) is 111 Å². The molecule has 18 heteroatoms. The summed E-state index contributed by atoms with van der Waals surface area (Å²) in [5.41, 5.74) is 3.38. The van der Waals surface area contributed by atoms with Crippen LogP contribution in [0.5, 0.6) is 11.5 Å². The van der Waals surface area contributed by atoms with E-state index in [4.69, 9.17) is 24.4 Å². The maximum Gasteiger partial charge on any atom is 0.335 e. The number of β-amino-alcohol motifs (C(OH)–C–C–N with tert-alkyl or cyclic N) is 1. The number of aromatic amines is 1. The molecule has 5 aromatic rings. The molecule has 3 aromatic carbocycles. The van der Waals surface area contributed by atoms with Crippen LogP contribution in [0.1, 0.15) is 78.6 Å². The number of nitrogens with one attached hydrogen (secondary N) is 3. The number of carbonyl (C=O) groups is 3. The van der Waals surface area contributed by atoms with Crippen molar-refractivity contribution < 1.29 is 53.4 Å². The highest BCUT2D eigenvalue weighted by molar-refractivity contribution is 8.76. The lowest BCUT2D eigenvalue weighted by Gasteiger charge is -2.53. The van der Waals surface area contributed by atoms with Crippen LogP contribution in [0.15, 0.2) is 100 Å². The molecule has 9 N–H and O–H groups in total. The van der Waals surface area contributed by atoms with Gasteiger partial charge in [-0.05, 0) is 116 Å². The highest BCUT2D eigenvalue weighted by atomic mass is 33.1. The van der Waals surface area contributed by atoms with Gasteiger partial charge in [-0.1, -0.05) is 89.9 Å². The maximum absolute atomic E-state index is 13.9. The molecule has 1 aliphatic carbocycles. The molecule has 16 nitrogen and oxygen atoms in total. The number of carboxylic acids is 1. The van der Waals surface area contributed by atoms with Crippen LogP contribution in [0, 0.1) is 11.8 Å². The van der Waals surface area contributed by atoms with Crippen molar-refractivity contribution >= 4 is 56.8 Å². The number of aliphatic hydroxyl groups is 2. The van der Waals surface area contributed by atoms with E-state index in [0.717, 1.165) is 24.9 Å². The number of phenolic OH excluding ortho intramolecular Hbond substituents is 1. The Morgan fingerprint density at radius 1 is 1.07 bits per heavy atom. The molecule has 1 saturated carbocycles. The fourth-order valence-corrected chi connectivity index (χ4v) is 12.2. The van der Waals surface area contributed by atoms with Crippen molar-refractivity contribution in [1.82, 2.24) is 15.6 Å². The number of benzene rings is 3. The number of primary amides is 1. The molecule has 70 heavy (non-hydrogen) atoms. The molecule has 0 spiro atoms. The van der Waals surface area contributed by atoms with Gasteiger partial charge in [-0.2, -0.15) is 0 Å². The van der Waals surface area contributed by atoms with E-state index in [1.54, 1.807) is 0 Å². The summed E-state index contributed by atoms with van der Waals surface area (Å²) in [7, 11) is 2.74. The van der Waals surface area contributed by atoms with Gasteiger partial charge in [0.2, 0.25) is 17.5 Å². The third kappa shape index (κ3) is 10.9. The highest BCUT2D eigenvalue weighted by Gasteiger charge is 2.69. The second-order valence-electron chi connectivity index (χ2n) is 18.4. The Morgan fingerprint density at radius 2 is 1.86 bits per heavy atom. The summed E-state index contributed by atoms with van der Waals surface area (Å²) in [5, 5.41) is 51.9. The molecule has 0 bridgehead atoms. The summed E-state index contributed by atoms with van der Waals surface area (Å²) in [5.74, 6) is -2.97. The summed E-state index contributed by atoms with van der Waals surface area (Å²) >= 11 is 0. The molecule has 8 atom stereocenters. The van der Waals surface area contributed by atoms with Gasteiger partial charge in [-0.15, -0.1) is 0 Å². The molecule has 2 saturated heterocycles. The molecule has 372 valence electrons. The number of rotatable bonds is 16. The van der Waals surface area contributed by atoms with Crippen LogP contribution in [0.25, 0.3) is 28.2 Å². The number of aliphatic hydroxyl groups excluding tert-OH is 1. The van der Waals surface area contributed by atoms with Gasteiger partial charge < -0.3 is 60.4 Å². The third-order valence-electron chi connectivity index (χ3n) is 14.0. The maximum atomic E-state index is 13.9. The molecule has 0 radical (unpaired) electrons. The fourth-order valence-electron chi connectivity index (χ4n) is 10.1. The van der Waals surface area contributed by atoms with Gasteiger partial charge in [0.1, 0.15) is 29.1 Å². The molecule has 8 unspecified atom stereocenters. The minimum Gasteiger partial charge on any atom is -0.508 e. The summed E-state index contributed by atoms with van der Waals surface area (Å²) in [6, 6.07) is 20.6. The van der Waals surface area contributed by atoms with Crippen LogP contribution in [0.4, 0.5) is 0 Å². The molecule has 1 amide bonds. The average molecular weight is 997 g/mol. The van der Waals surface area contributed by atoms with Crippen molar-refractivity contribution in [1.29, 1.82) is 0 Å². The van der Waals surface area contributed by atoms with Crippen molar-refractivity contribution in [3.8, 4) is 22.6 Å². The summed E-state index contributed by atoms with van der Waals surface area (Å²) in [6.45, 7) is 2.99. The highest BCUT2D eigenvalue weighted by Crippen LogP contribution is 2.45. The monoisotopic (exact) mass is 996 g/mol. The SMILES string of the molecule is CC(CC=Cc1ccccc1CCCNC1CCCC1)C1CNCC2(O)C(Oc3ccc4c(=O)c(-c5ccc(O)cc5)c(C(N)=O)oc4c3)OC(C(=O)O)C(O)C2(C=O)OCSSCC1c1cc[nH]c1. The van der Waals surface area contributed by atoms with Crippen LogP contribution in [0.2, 0.25) is 0 Å². The predicted molar refractivity (Wildman–Crippen MR) is 269 cm³/mol. The number of amides is 1. The van der Waals surface area contributed by atoms with Gasteiger partial charge in [0, 0.05) is 36.8 Å². The number of carbonyl (C=O) groups excluding carboxylic acids is 2. The zero-order valence-corrected chi connectivity index (χ0v) is 40.4. The quantitative estimate of drug-likeness (QED) is 0.0303. The Balaban J connectivity index is 1.07. The standard InChI is InChI=1S/C52H60N4O12S2/c1-31(8-6-11-32-9-2-3-10-33(32)12-7-22-56-36-13-4-5-14-36)40-26-55-28-51(64)50(68-46(49(62)63)47(60)52(51,29-57)65-30-70-69-27-41(40)35-21-23-54-25-35)66-38-19-20-39-42(24-38)67-45(48(53)61)43(44(39)59)34-15-17-37(58)18-16-34/h2-3,6,9-11,15-21,23-25,29,31,36,40-41,46-47,50,54-56,58,60,64H,4-5,7-8,12-14,22,26-28,30H2,1H3,(H2,53,61)(H,62,63). The summed E-state index contributed by atoms with van der Waals surface area (Å²) in [6.07, 6.45) is 10.0. The predicted octanol–water partition coefficient (Wildman–Crippen LogP) is 6.37. The number of aromatic hydroxyl groups is 1. The van der Waals surface area contributed by atoms with E-state index in [2.05, 4.69) is 59.0 Å². The van der Waals surface area contributed by atoms with Gasteiger partial charge in [0.25, 0.3) is 5.91 Å². The molecule has 2 aliphatic heterocycles. The van der Waals surface area contributed by atoms with E-state index in [1.807, 2.05) is 18.5 Å². The lowest BCUT2D eigenvalue weighted by atomic mass is 9.73. The lowest BCUT2D eigenvalue weighted by molar-refractivity contribution is -0.340. The van der Waals surface area contributed by atoms with Gasteiger partial charge in [-0.3, -0.25) is 14.4 Å². The van der Waals surface area contributed by atoms with E-state index >= 15 is 0 Å². The van der Waals surface area contributed by atoms with Crippen LogP contribution in [0.3, 0.4) is 0 Å². The number of hydrogen-bond acceptors (Lipinski definition) is 15. The second kappa shape index (κ2) is 22.8. The number of ether oxygens (including phenoxy) is 3. The molecule has 8 rings (SSSR count). The minimum atomic E-state index is -2.61. The van der Waals surface area contributed by atoms with E-state index < -0.39 is 59.3 Å². The van der Waals surface area contributed by atoms with Gasteiger partial charge in [0.15, 0.2) is 23.6 Å². The van der Waals surface area contributed by atoms with E-state index in [0.29, 0.717) is 24.8 Å². The van der Waals surface area contributed by atoms with E-state index in [9.17, 15) is 39.6 Å². The fraction of sp³-hybridized carbons (Fsp3) is 0.423. The smallest absolute Gasteiger partial charge is 0.335 e. The number of H-pyrrole nitrogens is 1. The Morgan fingerprint density at radius 3 is 2.59 bits per heavy atom. The van der Waals surface area contributed by atoms with E-state index in [-0.39, 0.29) is 63.6 Å². The topological polar surface area (TPSA) is 256 Å². The van der Waals surface area contributed by atoms with Crippen LogP contribution < -0.4 is 26.5 Å². The summed E-state index contributed by atoms with van der Waals surface area (Å²) in [4.78, 5) is 55.9. The minimum absolute atomic E-state index is 0.00735. The largest absolute Gasteiger partial charge is 0.508 e. The molecule has 3 aliphatic rings. The first kappa shape index (κ1) is 50.9. The number of carboxylic acid groups (broad SMARTS) is 1. The van der Waals surface area contributed by atoms with Crippen molar-refractivity contribution in [3.05, 3.63) is 124 Å². The van der Waals surface area contributed by atoms with Crippen molar-refractivity contribution in [3.63, 3.8) is 0 Å². The first-order valence-corrected chi connectivity index (χ1v) is 26.1. The first-order chi connectivity index (χ1) is 33.8. The zero-order valence-electron chi connectivity index (χ0n) is 38.8. The lowest BCUT2D eigenvalue weighted by Crippen LogP contribution is -2.80. The molecule has 3 fully saturated rings. The van der Waals surface area contributed by atoms with Crippen LogP contribution in [-0.2, 0) is 25.5 Å². The number of aryl methyl sites for hydroxylation is 1. The Bertz CT molecular complexity index is 2690. The zero-order chi connectivity index (χ0) is 49.4. The van der Waals surface area contributed by atoms with Crippen molar-refractivity contribution in [2.45, 2.75) is 93.5 Å². The number of nitrogens with two attached hydrogens (primary N) is 1. The first-order valence-electron chi connectivity index (χ1n) is 23.6. The van der Waals surface area contributed by atoms with E-state index in [1.165, 1.54) is 101 Å². The normalized spacial score (nSPS) is 26.2. The molecule has 2 aromatic heterocycles. The Hall–Kier alpha value is -5.44. The Kier molecular flexibility index (Phi) is 16.6. The number of allylic oxidation sites excluding steroid dienone is 1. The van der Waals surface area contributed by atoms with Crippen molar-refractivity contribution in [2.24, 2.45) is 17.6 Å². The Labute approximate surface area is 413 Å². The number of aldehydes is 1. The number of aromatic nitrogens is 1. The second-order valence-corrected chi connectivity index (χ2v) is 20.8. The number of fused-ring (bicyclic) bond motifs is 2. The summed E-state index contributed by atoms with van der Waals surface area (Å²) < 4.78 is 24.1. The van der Waals surface area contributed by atoms with Gasteiger partial charge in [0.05, 0.1) is 10.9 Å². The number of hydrogen-bond donors (Lipinski definition) is 8. The molecular weight excluding hydrogens is 937 g/mol. The molecular formula is C52H60N4O12S2. The third-order valence-corrected chi connectivity index (χ3v) is 16.1. The van der Waals surface area contributed by atoms with Gasteiger partial charge in [-0.25, -0.2) is 4.79 Å². The number of aliphatic carboxylic acids is 1.